The van der Waals surface area contributed by atoms with Crippen molar-refractivity contribution in [2.75, 3.05) is 26.4 Å². The normalized spacial score (nSPS) is 11.7. The van der Waals surface area contributed by atoms with E-state index in [-0.39, 0.29) is 0 Å². The highest BCUT2D eigenvalue weighted by Gasteiger charge is 2.22. The highest BCUT2D eigenvalue weighted by atomic mass is 31.2. The molecule has 0 bridgehead atoms. The molecule has 0 atom stereocenters. The molecule has 0 fully saturated rings. The molecule has 0 aromatic carbocycles. The zero-order chi connectivity index (χ0) is 15.8. The number of unbranched alkanes of at least 4 members (excludes halogenated alkanes) is 2. The van der Waals surface area contributed by atoms with Gasteiger partial charge in [-0.15, -0.1) is 0 Å². The summed E-state index contributed by atoms with van der Waals surface area (Å²) in [6.07, 6.45) is 6.05. The van der Waals surface area contributed by atoms with Gasteiger partial charge in [0.15, 0.2) is 0 Å². The highest BCUT2D eigenvalue weighted by molar-refractivity contribution is 7.55. The molecule has 0 aromatic rings. The van der Waals surface area contributed by atoms with Crippen LogP contribution in [0.4, 0.5) is 0 Å². The summed E-state index contributed by atoms with van der Waals surface area (Å²) < 4.78 is 28.4. The van der Waals surface area contributed by atoms with Gasteiger partial charge < -0.3 is 18.1 Å². The van der Waals surface area contributed by atoms with Gasteiger partial charge in [-0.25, -0.2) is 4.31 Å². The van der Waals surface area contributed by atoms with Crippen molar-refractivity contribution in [2.24, 2.45) is 0 Å². The molecule has 0 N–H and O–H groups in total. The number of hydrogen-bond donors (Lipinski definition) is 0. The Labute approximate surface area is 133 Å². The molecule has 128 valence electrons. The Hall–Kier alpha value is 0.660. The average Bonchev–Trinajstić information content (AvgIpc) is 2.50. The van der Waals surface area contributed by atoms with E-state index in [1.165, 1.54) is 0 Å². The van der Waals surface area contributed by atoms with Crippen LogP contribution < -0.4 is 0 Å². The Morgan fingerprint density at radius 1 is 0.524 bits per heavy atom. The molecular weight excluding hydrogens is 310 g/mol. The second-order valence-electron chi connectivity index (χ2n) is 4.57. The predicted molar refractivity (Wildman–Crippen MR) is 89.1 cm³/mol. The monoisotopic (exact) mass is 342 g/mol. The third-order valence-electron chi connectivity index (χ3n) is 2.32. The fourth-order valence-electron chi connectivity index (χ4n) is 1.12. The maximum Gasteiger partial charge on any atom is 0.339 e. The van der Waals surface area contributed by atoms with Crippen LogP contribution in [-0.4, -0.2) is 26.4 Å². The van der Waals surface area contributed by atoms with Crippen molar-refractivity contribution in [3.63, 3.8) is 0 Å². The first-order valence-electron chi connectivity index (χ1n) is 8.08. The summed E-state index contributed by atoms with van der Waals surface area (Å²) in [6.45, 7) is 10.9. The van der Waals surface area contributed by atoms with E-state index in [1.807, 2.05) is 0 Å². The van der Waals surface area contributed by atoms with Crippen molar-refractivity contribution >= 4 is 17.2 Å². The molecule has 0 saturated carbocycles. The topological polar surface area (TPSA) is 46.2 Å². The maximum atomic E-state index is 5.79. The Bertz CT molecular complexity index is 192. The van der Waals surface area contributed by atoms with Crippen molar-refractivity contribution in [3.8, 4) is 0 Å². The summed E-state index contributed by atoms with van der Waals surface area (Å²) in [7, 11) is -2.75. The van der Waals surface area contributed by atoms with Gasteiger partial charge in [-0.1, -0.05) is 40.5 Å². The van der Waals surface area contributed by atoms with Crippen LogP contribution in [-0.2, 0) is 22.4 Å². The van der Waals surface area contributed by atoms with Crippen LogP contribution in [0.5, 0.6) is 0 Å². The molecule has 0 aromatic heterocycles. The standard InChI is InChI=1S/C14H32O5P2/c1-5-9-13-17-21(18-14-10-6-2)19-20(15-11-7-3)16-12-8-4/h5-14H2,1-4H3. The summed E-state index contributed by atoms with van der Waals surface area (Å²) in [5.74, 6) is 0. The Morgan fingerprint density at radius 2 is 0.905 bits per heavy atom. The van der Waals surface area contributed by atoms with Crippen LogP contribution >= 0.6 is 17.2 Å². The van der Waals surface area contributed by atoms with Crippen molar-refractivity contribution in [1.82, 2.24) is 0 Å². The average molecular weight is 342 g/mol. The van der Waals surface area contributed by atoms with E-state index in [0.29, 0.717) is 26.4 Å². The molecule has 5 nitrogen and oxygen atoms in total. The summed E-state index contributed by atoms with van der Waals surface area (Å²) in [5, 5.41) is 0. The fraction of sp³-hybridized carbons (Fsp3) is 1.00. The van der Waals surface area contributed by atoms with Crippen LogP contribution in [0.15, 0.2) is 0 Å². The first-order valence-corrected chi connectivity index (χ1v) is 10.3. The fourth-order valence-corrected chi connectivity index (χ4v) is 3.68. The van der Waals surface area contributed by atoms with Crippen molar-refractivity contribution in [3.05, 3.63) is 0 Å². The molecule has 0 saturated heterocycles. The molecule has 0 unspecified atom stereocenters. The third kappa shape index (κ3) is 14.0. The lowest BCUT2D eigenvalue weighted by atomic mass is 10.4. The first-order chi connectivity index (χ1) is 10.3. The smallest absolute Gasteiger partial charge is 0.312 e. The van der Waals surface area contributed by atoms with Gasteiger partial charge in [-0.2, -0.15) is 0 Å². The molecule has 0 radical (unpaired) electrons. The van der Waals surface area contributed by atoms with Gasteiger partial charge in [0.05, 0.1) is 26.4 Å². The van der Waals surface area contributed by atoms with Gasteiger partial charge in [0, 0.05) is 0 Å². The van der Waals surface area contributed by atoms with E-state index in [1.54, 1.807) is 0 Å². The van der Waals surface area contributed by atoms with Crippen LogP contribution in [0.2, 0.25) is 0 Å². The third-order valence-corrected chi connectivity index (χ3v) is 4.96. The number of rotatable bonds is 16. The zero-order valence-electron chi connectivity index (χ0n) is 14.0. The Kier molecular flexibility index (Phi) is 17.6. The minimum absolute atomic E-state index is 0.627. The molecule has 0 aliphatic carbocycles. The maximum absolute atomic E-state index is 5.79. The molecule has 0 rings (SSSR count). The molecule has 0 heterocycles. The molecule has 0 aliphatic heterocycles. The lowest BCUT2D eigenvalue weighted by molar-refractivity contribution is 0.164. The second-order valence-corrected chi connectivity index (χ2v) is 7.15. The number of hydrogen-bond acceptors (Lipinski definition) is 5. The van der Waals surface area contributed by atoms with Crippen LogP contribution in [0.1, 0.15) is 66.2 Å². The lowest BCUT2D eigenvalue weighted by Crippen LogP contribution is -2.00. The zero-order valence-corrected chi connectivity index (χ0v) is 15.8. The van der Waals surface area contributed by atoms with Crippen LogP contribution in [0.25, 0.3) is 0 Å². The van der Waals surface area contributed by atoms with Gasteiger partial charge in [0.2, 0.25) is 0 Å². The van der Waals surface area contributed by atoms with Crippen LogP contribution in [0.3, 0.4) is 0 Å². The molecule has 0 aliphatic rings. The summed E-state index contributed by atoms with van der Waals surface area (Å²) in [6, 6.07) is 0. The summed E-state index contributed by atoms with van der Waals surface area (Å²) in [4.78, 5) is 0. The van der Waals surface area contributed by atoms with E-state index < -0.39 is 17.2 Å². The van der Waals surface area contributed by atoms with Gasteiger partial charge in [0.1, 0.15) is 0 Å². The van der Waals surface area contributed by atoms with Crippen LogP contribution in [0, 0.1) is 0 Å². The summed E-state index contributed by atoms with van der Waals surface area (Å²) in [5.41, 5.74) is 0. The predicted octanol–water partition coefficient (Wildman–Crippen LogP) is 5.94. The van der Waals surface area contributed by atoms with E-state index >= 15 is 0 Å². The quantitative estimate of drug-likeness (QED) is 0.256. The van der Waals surface area contributed by atoms with E-state index in [9.17, 15) is 0 Å². The minimum atomic E-state index is -1.38. The van der Waals surface area contributed by atoms with Crippen molar-refractivity contribution in [2.45, 2.75) is 66.2 Å². The first kappa shape index (κ1) is 21.7. The summed E-state index contributed by atoms with van der Waals surface area (Å²) >= 11 is 0. The molecule has 0 spiro atoms. The molecule has 0 amide bonds. The largest absolute Gasteiger partial charge is 0.339 e. The van der Waals surface area contributed by atoms with Gasteiger partial charge in [0.25, 0.3) is 0 Å². The van der Waals surface area contributed by atoms with Gasteiger partial charge in [-0.3, -0.25) is 0 Å². The minimum Gasteiger partial charge on any atom is -0.312 e. The Morgan fingerprint density at radius 3 is 1.24 bits per heavy atom. The second kappa shape index (κ2) is 17.0. The Balaban J connectivity index is 4.23. The van der Waals surface area contributed by atoms with E-state index in [2.05, 4.69) is 27.7 Å². The molecule has 21 heavy (non-hydrogen) atoms. The van der Waals surface area contributed by atoms with Gasteiger partial charge in [-0.05, 0) is 25.7 Å². The molecular formula is C14H32O5P2. The SMILES string of the molecule is CCCCOP(OCCCC)OP(OCCC)OCCC. The van der Waals surface area contributed by atoms with E-state index in [0.717, 1.165) is 38.5 Å². The van der Waals surface area contributed by atoms with E-state index in [4.69, 9.17) is 22.4 Å². The molecule has 7 heteroatoms. The van der Waals surface area contributed by atoms with Crippen molar-refractivity contribution in [1.29, 1.82) is 0 Å². The van der Waals surface area contributed by atoms with Crippen molar-refractivity contribution < 1.29 is 22.4 Å². The van der Waals surface area contributed by atoms with Gasteiger partial charge >= 0.3 is 17.2 Å². The highest BCUT2D eigenvalue weighted by Crippen LogP contribution is 2.55. The lowest BCUT2D eigenvalue weighted by Gasteiger charge is -2.21.